The Labute approximate surface area is 183 Å². The number of hydrogen-bond donors (Lipinski definition) is 1. The van der Waals surface area contributed by atoms with Crippen LogP contribution in [-0.4, -0.2) is 41.3 Å². The molecule has 1 saturated heterocycles. The average molecular weight is 418 g/mol. The van der Waals surface area contributed by atoms with Crippen molar-refractivity contribution in [2.45, 2.75) is 39.5 Å². The Hall–Kier alpha value is -2.92. The zero-order valence-corrected chi connectivity index (χ0v) is 18.6. The summed E-state index contributed by atoms with van der Waals surface area (Å²) >= 11 is 0. The molecule has 1 aliphatic rings. The van der Waals surface area contributed by atoms with E-state index in [0.29, 0.717) is 28.0 Å². The van der Waals surface area contributed by atoms with Crippen LogP contribution in [0.1, 0.15) is 71.4 Å². The number of fused-ring (bicyclic) bond motifs is 1. The molecule has 2 aromatic carbocycles. The summed E-state index contributed by atoms with van der Waals surface area (Å²) in [6.45, 7) is 10.1. The SMILES string of the molecule is CC(C)(C)CN1CCC(c2cn(N)c3ccc(C(=O)c4ccccc4C=O)cc23)CC1. The normalized spacial score (nSPS) is 16.0. The van der Waals surface area contributed by atoms with Crippen molar-refractivity contribution in [2.75, 3.05) is 25.5 Å². The van der Waals surface area contributed by atoms with Gasteiger partial charge in [0, 0.05) is 34.8 Å². The summed E-state index contributed by atoms with van der Waals surface area (Å²) in [5.74, 6) is 6.54. The highest BCUT2D eigenvalue weighted by Gasteiger charge is 2.26. The Balaban J connectivity index is 1.63. The number of nitrogen functional groups attached to an aromatic ring is 1. The van der Waals surface area contributed by atoms with Crippen molar-refractivity contribution in [3.05, 3.63) is 70.9 Å². The lowest BCUT2D eigenvalue weighted by atomic mass is 9.87. The summed E-state index contributed by atoms with van der Waals surface area (Å²) in [4.78, 5) is 27.1. The maximum atomic E-state index is 13.1. The van der Waals surface area contributed by atoms with E-state index in [-0.39, 0.29) is 5.78 Å². The number of nitrogens with zero attached hydrogens (tertiary/aromatic N) is 2. The molecule has 5 nitrogen and oxygen atoms in total. The fraction of sp³-hybridized carbons (Fsp3) is 0.385. The van der Waals surface area contributed by atoms with E-state index in [1.807, 2.05) is 18.3 Å². The predicted molar refractivity (Wildman–Crippen MR) is 125 cm³/mol. The van der Waals surface area contributed by atoms with Gasteiger partial charge in [-0.1, -0.05) is 45.0 Å². The van der Waals surface area contributed by atoms with Crippen LogP contribution in [0, 0.1) is 5.41 Å². The Bertz CT molecular complexity index is 1120. The Morgan fingerprint density at radius 3 is 2.52 bits per heavy atom. The molecule has 5 heteroatoms. The second-order valence-corrected chi connectivity index (χ2v) is 9.87. The van der Waals surface area contributed by atoms with Crippen molar-refractivity contribution in [2.24, 2.45) is 5.41 Å². The molecule has 4 rings (SSSR count). The van der Waals surface area contributed by atoms with E-state index in [9.17, 15) is 9.59 Å². The Kier molecular flexibility index (Phi) is 5.71. The number of rotatable bonds is 5. The number of likely N-dealkylation sites (tertiary alicyclic amines) is 1. The number of hydrogen-bond acceptors (Lipinski definition) is 4. The lowest BCUT2D eigenvalue weighted by Gasteiger charge is -2.36. The number of ketones is 1. The molecule has 0 amide bonds. The van der Waals surface area contributed by atoms with E-state index in [1.54, 1.807) is 35.0 Å². The molecule has 0 radical (unpaired) electrons. The maximum absolute atomic E-state index is 13.1. The molecule has 0 saturated carbocycles. The topological polar surface area (TPSA) is 68.3 Å². The summed E-state index contributed by atoms with van der Waals surface area (Å²) in [6, 6.07) is 12.6. The summed E-state index contributed by atoms with van der Waals surface area (Å²) < 4.78 is 1.67. The zero-order chi connectivity index (χ0) is 22.2. The Morgan fingerprint density at radius 1 is 1.13 bits per heavy atom. The number of nitrogens with two attached hydrogens (primary N) is 1. The molecular weight excluding hydrogens is 386 g/mol. The third-order valence-corrected chi connectivity index (χ3v) is 6.18. The summed E-state index contributed by atoms with van der Waals surface area (Å²) in [7, 11) is 0. The van der Waals surface area contributed by atoms with Crippen LogP contribution >= 0.6 is 0 Å². The minimum atomic E-state index is -0.139. The van der Waals surface area contributed by atoms with Gasteiger partial charge in [0.15, 0.2) is 12.1 Å². The van der Waals surface area contributed by atoms with Crippen molar-refractivity contribution in [3.63, 3.8) is 0 Å². The highest BCUT2D eigenvalue weighted by atomic mass is 16.1. The zero-order valence-electron chi connectivity index (χ0n) is 18.6. The number of piperidine rings is 1. The van der Waals surface area contributed by atoms with Gasteiger partial charge < -0.3 is 10.7 Å². The van der Waals surface area contributed by atoms with Gasteiger partial charge in [-0.05, 0) is 61.0 Å². The molecule has 31 heavy (non-hydrogen) atoms. The van der Waals surface area contributed by atoms with Crippen molar-refractivity contribution >= 4 is 23.0 Å². The molecular formula is C26H31N3O2. The molecule has 162 valence electrons. The fourth-order valence-corrected chi connectivity index (χ4v) is 4.78. The van der Waals surface area contributed by atoms with Crippen LogP contribution in [-0.2, 0) is 0 Å². The van der Waals surface area contributed by atoms with E-state index in [2.05, 4.69) is 25.7 Å². The highest BCUT2D eigenvalue weighted by Crippen LogP contribution is 2.35. The van der Waals surface area contributed by atoms with Crippen LogP contribution in [0.3, 0.4) is 0 Å². The molecule has 0 unspecified atom stereocenters. The van der Waals surface area contributed by atoms with E-state index in [0.717, 1.165) is 49.7 Å². The first-order chi connectivity index (χ1) is 14.8. The molecule has 3 aromatic rings. The van der Waals surface area contributed by atoms with E-state index >= 15 is 0 Å². The Morgan fingerprint density at radius 2 is 1.84 bits per heavy atom. The van der Waals surface area contributed by atoms with Gasteiger partial charge in [-0.25, -0.2) is 0 Å². The van der Waals surface area contributed by atoms with Crippen molar-refractivity contribution in [3.8, 4) is 0 Å². The highest BCUT2D eigenvalue weighted by molar-refractivity contribution is 6.14. The lowest BCUT2D eigenvalue weighted by molar-refractivity contribution is 0.102. The van der Waals surface area contributed by atoms with Gasteiger partial charge in [0.2, 0.25) is 0 Å². The standard InChI is InChI=1S/C26H31N3O2/c1-26(2,3)17-28-12-10-18(11-13-28)23-15-29(27)24-9-8-19(14-22(23)24)25(31)21-7-5-4-6-20(21)16-30/h4-9,14-16,18H,10-13,17,27H2,1-3H3. The predicted octanol–water partition coefficient (Wildman–Crippen LogP) is 4.62. The van der Waals surface area contributed by atoms with Crippen LogP contribution in [0.15, 0.2) is 48.7 Å². The van der Waals surface area contributed by atoms with Crippen molar-refractivity contribution < 1.29 is 9.59 Å². The van der Waals surface area contributed by atoms with Crippen LogP contribution in [0.2, 0.25) is 0 Å². The first kappa shape index (κ1) is 21.3. The third-order valence-electron chi connectivity index (χ3n) is 6.18. The number of aldehydes is 1. The molecule has 0 spiro atoms. The number of benzene rings is 2. The van der Waals surface area contributed by atoms with Crippen molar-refractivity contribution in [1.82, 2.24) is 9.58 Å². The molecule has 0 atom stereocenters. The van der Waals surface area contributed by atoms with E-state index < -0.39 is 0 Å². The molecule has 1 aromatic heterocycles. The molecule has 1 fully saturated rings. The maximum Gasteiger partial charge on any atom is 0.193 e. The van der Waals surface area contributed by atoms with E-state index in [4.69, 9.17) is 5.84 Å². The largest absolute Gasteiger partial charge is 0.339 e. The smallest absolute Gasteiger partial charge is 0.193 e. The lowest BCUT2D eigenvalue weighted by Crippen LogP contribution is -2.38. The van der Waals surface area contributed by atoms with Crippen LogP contribution < -0.4 is 5.84 Å². The average Bonchev–Trinajstić information content (AvgIpc) is 3.08. The minimum Gasteiger partial charge on any atom is -0.339 e. The molecule has 0 bridgehead atoms. The monoisotopic (exact) mass is 417 g/mol. The second kappa shape index (κ2) is 8.31. The first-order valence-electron chi connectivity index (χ1n) is 11.0. The second-order valence-electron chi connectivity index (χ2n) is 9.87. The number of carbonyl (C=O) groups is 2. The van der Waals surface area contributed by atoms with Gasteiger partial charge in [-0.15, -0.1) is 0 Å². The fourth-order valence-electron chi connectivity index (χ4n) is 4.78. The quantitative estimate of drug-likeness (QED) is 0.373. The first-order valence-corrected chi connectivity index (χ1v) is 11.0. The van der Waals surface area contributed by atoms with Gasteiger partial charge in [0.1, 0.15) is 0 Å². The minimum absolute atomic E-state index is 0.139. The summed E-state index contributed by atoms with van der Waals surface area (Å²) in [5.41, 5.74) is 3.86. The van der Waals surface area contributed by atoms with E-state index in [1.165, 1.54) is 5.56 Å². The van der Waals surface area contributed by atoms with Gasteiger partial charge in [0.05, 0.1) is 5.52 Å². The third kappa shape index (κ3) is 4.42. The summed E-state index contributed by atoms with van der Waals surface area (Å²) in [6.07, 6.45) is 4.92. The molecule has 0 aliphatic carbocycles. The van der Waals surface area contributed by atoms with Gasteiger partial charge in [-0.2, -0.15) is 0 Å². The van der Waals surface area contributed by atoms with Crippen LogP contribution in [0.5, 0.6) is 0 Å². The number of carbonyl (C=O) groups excluding carboxylic acids is 2. The molecule has 1 aliphatic heterocycles. The summed E-state index contributed by atoms with van der Waals surface area (Å²) in [5, 5.41) is 1.03. The molecule has 2 N–H and O–H groups in total. The van der Waals surface area contributed by atoms with Crippen molar-refractivity contribution in [1.29, 1.82) is 0 Å². The van der Waals surface area contributed by atoms with Crippen LogP contribution in [0.25, 0.3) is 10.9 Å². The van der Waals surface area contributed by atoms with Crippen LogP contribution in [0.4, 0.5) is 0 Å². The van der Waals surface area contributed by atoms with Gasteiger partial charge >= 0.3 is 0 Å². The van der Waals surface area contributed by atoms with Gasteiger partial charge in [0.25, 0.3) is 0 Å². The number of aromatic nitrogens is 1. The van der Waals surface area contributed by atoms with Gasteiger partial charge in [-0.3, -0.25) is 14.3 Å². The molecule has 2 heterocycles.